The molecule has 0 aliphatic rings. The third-order valence-corrected chi connectivity index (χ3v) is 10.4. The number of phenols is 4. The molecule has 8 rings (SSSR count). The van der Waals surface area contributed by atoms with Crippen molar-refractivity contribution in [3.63, 3.8) is 0 Å². The molecule has 8 aromatic rings. The summed E-state index contributed by atoms with van der Waals surface area (Å²) in [7, 11) is -1.93. The van der Waals surface area contributed by atoms with Gasteiger partial charge in [-0.2, -0.15) is 0 Å². The standard InChI is InChI=1S/C42H28N6O9S/c49-33-7-3-1-5-29(33)39-43-37(45-47(39)25-13-9-23(10-14-25)41(53)54)31-21-27(17-19-35(31)51)58(57)28-18-20-36(52)32(22-28)38-44-40(30-6-2-4-8-34(30)50)48(46-38)26-15-11-24(12-16-26)42(55)56/h1-22,49-52H,(H,53,54)(H,55,56). The Balaban J connectivity index is 1.19. The molecule has 2 aromatic heterocycles. The number of carboxylic acids is 2. The molecule has 0 aliphatic heterocycles. The molecule has 6 aromatic carbocycles. The molecule has 2 heterocycles. The Morgan fingerprint density at radius 3 is 1.19 bits per heavy atom. The van der Waals surface area contributed by atoms with Crippen LogP contribution in [-0.2, 0) is 10.8 Å². The highest BCUT2D eigenvalue weighted by Gasteiger charge is 2.24. The van der Waals surface area contributed by atoms with Gasteiger partial charge in [0.1, 0.15) is 23.0 Å². The summed E-state index contributed by atoms with van der Waals surface area (Å²) in [6.07, 6.45) is 0. The number of hydrogen-bond acceptors (Lipinski definition) is 11. The number of aromatic carboxylic acids is 2. The second kappa shape index (κ2) is 14.9. The van der Waals surface area contributed by atoms with Crippen LogP contribution in [-0.4, -0.2) is 76.3 Å². The van der Waals surface area contributed by atoms with E-state index in [0.29, 0.717) is 22.5 Å². The minimum absolute atomic E-state index is 0.00568. The van der Waals surface area contributed by atoms with Crippen LogP contribution in [0.2, 0.25) is 0 Å². The molecule has 286 valence electrons. The maximum absolute atomic E-state index is 14.2. The average molecular weight is 793 g/mol. The summed E-state index contributed by atoms with van der Waals surface area (Å²) < 4.78 is 17.0. The van der Waals surface area contributed by atoms with Gasteiger partial charge in [0, 0.05) is 9.79 Å². The van der Waals surface area contributed by atoms with E-state index in [1.807, 2.05) is 0 Å². The van der Waals surface area contributed by atoms with E-state index in [-0.39, 0.29) is 78.3 Å². The number of aromatic hydroxyl groups is 4. The van der Waals surface area contributed by atoms with E-state index in [0.717, 1.165) is 0 Å². The van der Waals surface area contributed by atoms with Crippen LogP contribution in [0.3, 0.4) is 0 Å². The largest absolute Gasteiger partial charge is 0.507 e. The van der Waals surface area contributed by atoms with Gasteiger partial charge in [-0.15, -0.1) is 10.2 Å². The van der Waals surface area contributed by atoms with Crippen molar-refractivity contribution in [3.8, 4) is 79.9 Å². The second-order valence-corrected chi connectivity index (χ2v) is 14.2. The van der Waals surface area contributed by atoms with Crippen molar-refractivity contribution < 1.29 is 44.4 Å². The SMILES string of the molecule is O=C(O)c1ccc(-n2nc(-c3cc(S(=O)c4ccc(O)c(-c5nc(-c6ccccc6O)n(-c6ccc(C(=O)O)cc6)n5)c4)ccc3O)nc2-c2ccccc2O)cc1. The number of aromatic nitrogens is 6. The van der Waals surface area contributed by atoms with E-state index >= 15 is 0 Å². The molecule has 15 nitrogen and oxygen atoms in total. The van der Waals surface area contributed by atoms with E-state index in [1.165, 1.54) is 106 Å². The van der Waals surface area contributed by atoms with E-state index in [1.54, 1.807) is 36.4 Å². The average Bonchev–Trinajstić information content (AvgIpc) is 3.87. The third kappa shape index (κ3) is 6.86. The van der Waals surface area contributed by atoms with Crippen LogP contribution in [0.1, 0.15) is 20.7 Å². The van der Waals surface area contributed by atoms with Crippen LogP contribution in [0.5, 0.6) is 23.0 Å². The molecule has 0 unspecified atom stereocenters. The lowest BCUT2D eigenvalue weighted by Crippen LogP contribution is -2.02. The molecule has 0 atom stereocenters. The highest BCUT2D eigenvalue weighted by molar-refractivity contribution is 7.85. The van der Waals surface area contributed by atoms with Gasteiger partial charge >= 0.3 is 11.9 Å². The molecule has 16 heteroatoms. The zero-order valence-corrected chi connectivity index (χ0v) is 30.5. The minimum Gasteiger partial charge on any atom is -0.507 e. The van der Waals surface area contributed by atoms with Crippen molar-refractivity contribution in [1.29, 1.82) is 0 Å². The van der Waals surface area contributed by atoms with Crippen molar-refractivity contribution in [2.24, 2.45) is 0 Å². The van der Waals surface area contributed by atoms with Crippen molar-refractivity contribution in [3.05, 3.63) is 145 Å². The monoisotopic (exact) mass is 792 g/mol. The maximum atomic E-state index is 14.2. The Kier molecular flexibility index (Phi) is 9.43. The fraction of sp³-hybridized carbons (Fsp3) is 0. The Morgan fingerprint density at radius 2 is 0.828 bits per heavy atom. The Hall–Kier alpha value is -8.11. The molecule has 0 saturated carbocycles. The summed E-state index contributed by atoms with van der Waals surface area (Å²) >= 11 is 0. The van der Waals surface area contributed by atoms with E-state index in [4.69, 9.17) is 0 Å². The summed E-state index contributed by atoms with van der Waals surface area (Å²) in [6, 6.07) is 33.0. The number of benzene rings is 6. The highest BCUT2D eigenvalue weighted by Crippen LogP contribution is 2.38. The van der Waals surface area contributed by atoms with Crippen LogP contribution in [0.15, 0.2) is 143 Å². The predicted octanol–water partition coefficient (Wildman–Crippen LogP) is 6.90. The Labute approximate surface area is 330 Å². The highest BCUT2D eigenvalue weighted by atomic mass is 32.2. The van der Waals surface area contributed by atoms with Crippen LogP contribution >= 0.6 is 0 Å². The topological polar surface area (TPSA) is 234 Å². The van der Waals surface area contributed by atoms with Crippen molar-refractivity contribution >= 4 is 22.7 Å². The van der Waals surface area contributed by atoms with Gasteiger partial charge in [-0.25, -0.2) is 33.1 Å². The minimum atomic E-state index is -1.93. The van der Waals surface area contributed by atoms with E-state index in [9.17, 15) is 44.4 Å². The van der Waals surface area contributed by atoms with Crippen molar-refractivity contribution in [1.82, 2.24) is 29.5 Å². The van der Waals surface area contributed by atoms with Gasteiger partial charge in [-0.05, 0) is 109 Å². The first-order valence-corrected chi connectivity index (χ1v) is 18.4. The molecule has 0 amide bonds. The lowest BCUT2D eigenvalue weighted by atomic mass is 10.1. The van der Waals surface area contributed by atoms with Gasteiger partial charge in [0.05, 0.1) is 55.6 Å². The zero-order chi connectivity index (χ0) is 40.7. The van der Waals surface area contributed by atoms with Crippen molar-refractivity contribution in [2.45, 2.75) is 9.79 Å². The first-order valence-electron chi connectivity index (χ1n) is 17.2. The molecule has 0 spiro atoms. The van der Waals surface area contributed by atoms with Gasteiger partial charge in [-0.3, -0.25) is 0 Å². The van der Waals surface area contributed by atoms with Crippen LogP contribution in [0, 0.1) is 0 Å². The molecule has 58 heavy (non-hydrogen) atoms. The molecule has 0 aliphatic carbocycles. The summed E-state index contributed by atoms with van der Waals surface area (Å²) in [5.74, 6) is -2.54. The smallest absolute Gasteiger partial charge is 0.335 e. The Bertz CT molecular complexity index is 2730. The quantitative estimate of drug-likeness (QED) is 0.0828. The summed E-state index contributed by atoms with van der Waals surface area (Å²) in [5, 5.41) is 71.5. The lowest BCUT2D eigenvalue weighted by Gasteiger charge is -2.08. The number of carbonyl (C=O) groups is 2. The van der Waals surface area contributed by atoms with Crippen LogP contribution < -0.4 is 0 Å². The molecular weight excluding hydrogens is 765 g/mol. The summed E-state index contributed by atoms with van der Waals surface area (Å²) in [6.45, 7) is 0. The number of phenolic OH excluding ortho intramolecular Hbond substituents is 4. The first-order chi connectivity index (χ1) is 28.0. The first kappa shape index (κ1) is 36.8. The second-order valence-electron chi connectivity index (χ2n) is 12.7. The fourth-order valence-corrected chi connectivity index (χ4v) is 7.24. The molecular formula is C42H28N6O9S. The summed E-state index contributed by atoms with van der Waals surface area (Å²) in [5.41, 5.74) is 1.73. The van der Waals surface area contributed by atoms with E-state index in [2.05, 4.69) is 20.2 Å². The van der Waals surface area contributed by atoms with Gasteiger partial charge < -0.3 is 30.6 Å². The van der Waals surface area contributed by atoms with Gasteiger partial charge in [-0.1, -0.05) is 24.3 Å². The summed E-state index contributed by atoms with van der Waals surface area (Å²) in [4.78, 5) is 32.7. The lowest BCUT2D eigenvalue weighted by molar-refractivity contribution is 0.0686. The number of nitrogens with zero attached hydrogens (tertiary/aromatic N) is 6. The number of para-hydroxylation sites is 2. The van der Waals surface area contributed by atoms with Gasteiger partial charge in [0.15, 0.2) is 23.3 Å². The van der Waals surface area contributed by atoms with E-state index < -0.39 is 22.7 Å². The maximum Gasteiger partial charge on any atom is 0.335 e. The number of hydrogen-bond donors (Lipinski definition) is 6. The van der Waals surface area contributed by atoms with Crippen LogP contribution in [0.4, 0.5) is 0 Å². The zero-order valence-electron chi connectivity index (χ0n) is 29.7. The fourth-order valence-electron chi connectivity index (χ4n) is 6.13. The molecule has 0 bridgehead atoms. The normalized spacial score (nSPS) is 11.2. The van der Waals surface area contributed by atoms with Crippen molar-refractivity contribution in [2.75, 3.05) is 0 Å². The number of carboxylic acid groups (broad SMARTS) is 2. The molecule has 0 fully saturated rings. The predicted molar refractivity (Wildman–Crippen MR) is 210 cm³/mol. The molecule has 6 N–H and O–H groups in total. The number of rotatable bonds is 10. The third-order valence-electron chi connectivity index (χ3n) is 9.07. The van der Waals surface area contributed by atoms with Gasteiger partial charge in [0.2, 0.25) is 0 Å². The molecule has 0 radical (unpaired) electrons. The Morgan fingerprint density at radius 1 is 0.466 bits per heavy atom. The van der Waals surface area contributed by atoms with Gasteiger partial charge in [0.25, 0.3) is 0 Å². The molecule has 0 saturated heterocycles. The van der Waals surface area contributed by atoms with Crippen LogP contribution in [0.25, 0.3) is 56.9 Å².